The van der Waals surface area contributed by atoms with E-state index in [9.17, 15) is 4.79 Å². The highest BCUT2D eigenvalue weighted by Gasteiger charge is 2.25. The highest BCUT2D eigenvalue weighted by molar-refractivity contribution is 7.71. The van der Waals surface area contributed by atoms with Crippen LogP contribution in [0.1, 0.15) is 18.5 Å². The van der Waals surface area contributed by atoms with E-state index in [1.807, 2.05) is 35.4 Å². The molecule has 0 bridgehead atoms. The number of nitrogens with one attached hydrogen (secondary N) is 1. The van der Waals surface area contributed by atoms with E-state index in [0.717, 1.165) is 16.6 Å². The number of aromatic amines is 1. The van der Waals surface area contributed by atoms with E-state index in [4.69, 9.17) is 17.0 Å². The van der Waals surface area contributed by atoms with Gasteiger partial charge in [-0.3, -0.25) is 4.79 Å². The standard InChI is InChI=1S/C15H19N3O2S/c1-10-3-4-12-13(9-10)18(15(21)16-12)11(2)14(19)17-5-7-20-8-6-17/h3-4,9,11H,5-8H2,1-2H3,(H,16,21). The van der Waals surface area contributed by atoms with Crippen LogP contribution in [0.5, 0.6) is 0 Å². The van der Waals surface area contributed by atoms with Gasteiger partial charge < -0.3 is 19.2 Å². The van der Waals surface area contributed by atoms with Crippen LogP contribution in [0.15, 0.2) is 18.2 Å². The number of nitrogens with zero attached hydrogens (tertiary/aromatic N) is 2. The predicted octanol–water partition coefficient (Wildman–Crippen LogP) is 2.43. The van der Waals surface area contributed by atoms with Gasteiger partial charge in [0.1, 0.15) is 6.04 Å². The van der Waals surface area contributed by atoms with Crippen molar-refractivity contribution in [3.63, 3.8) is 0 Å². The van der Waals surface area contributed by atoms with E-state index in [1.54, 1.807) is 0 Å². The number of hydrogen-bond donors (Lipinski definition) is 1. The smallest absolute Gasteiger partial charge is 0.245 e. The highest BCUT2D eigenvalue weighted by atomic mass is 32.1. The zero-order valence-corrected chi connectivity index (χ0v) is 13.1. The average molecular weight is 305 g/mol. The minimum Gasteiger partial charge on any atom is -0.378 e. The Labute approximate surface area is 128 Å². The Morgan fingerprint density at radius 1 is 1.38 bits per heavy atom. The molecule has 6 heteroatoms. The third kappa shape index (κ3) is 2.61. The van der Waals surface area contributed by atoms with E-state index >= 15 is 0 Å². The first-order chi connectivity index (χ1) is 10.1. The van der Waals surface area contributed by atoms with Crippen molar-refractivity contribution in [2.75, 3.05) is 26.3 Å². The van der Waals surface area contributed by atoms with Crippen molar-refractivity contribution in [3.05, 3.63) is 28.5 Å². The first-order valence-corrected chi connectivity index (χ1v) is 7.56. The van der Waals surface area contributed by atoms with Crippen LogP contribution in [-0.4, -0.2) is 46.7 Å². The average Bonchev–Trinajstić information content (AvgIpc) is 2.82. The molecule has 0 aliphatic carbocycles. The molecule has 1 aromatic heterocycles. The maximum absolute atomic E-state index is 12.7. The van der Waals surface area contributed by atoms with Crippen LogP contribution >= 0.6 is 12.2 Å². The molecule has 0 spiro atoms. The number of imidazole rings is 1. The van der Waals surface area contributed by atoms with Gasteiger partial charge >= 0.3 is 0 Å². The second-order valence-electron chi connectivity index (χ2n) is 5.43. The van der Waals surface area contributed by atoms with Crippen LogP contribution in [0.3, 0.4) is 0 Å². The fraction of sp³-hybridized carbons (Fsp3) is 0.467. The number of fused-ring (bicyclic) bond motifs is 1. The van der Waals surface area contributed by atoms with Crippen LogP contribution in [0, 0.1) is 11.7 Å². The van der Waals surface area contributed by atoms with Crippen molar-refractivity contribution in [2.24, 2.45) is 0 Å². The second kappa shape index (κ2) is 5.61. The van der Waals surface area contributed by atoms with E-state index < -0.39 is 0 Å². The minimum atomic E-state index is -0.314. The molecule has 5 nitrogen and oxygen atoms in total. The molecule has 3 rings (SSSR count). The minimum absolute atomic E-state index is 0.0943. The van der Waals surface area contributed by atoms with Crippen molar-refractivity contribution >= 4 is 29.2 Å². The molecule has 0 radical (unpaired) electrons. The van der Waals surface area contributed by atoms with Crippen molar-refractivity contribution in [2.45, 2.75) is 19.9 Å². The summed E-state index contributed by atoms with van der Waals surface area (Å²) in [6, 6.07) is 5.78. The number of benzene rings is 1. The van der Waals surface area contributed by atoms with E-state index in [1.165, 1.54) is 0 Å². The summed E-state index contributed by atoms with van der Waals surface area (Å²) in [4.78, 5) is 17.7. The third-order valence-corrected chi connectivity index (χ3v) is 4.24. The summed E-state index contributed by atoms with van der Waals surface area (Å²) in [5.74, 6) is 0.0943. The summed E-state index contributed by atoms with van der Waals surface area (Å²) < 4.78 is 7.80. The topological polar surface area (TPSA) is 50.3 Å². The Morgan fingerprint density at radius 3 is 2.81 bits per heavy atom. The molecular weight excluding hydrogens is 286 g/mol. The molecule has 1 fully saturated rings. The Morgan fingerprint density at radius 2 is 2.10 bits per heavy atom. The largest absolute Gasteiger partial charge is 0.378 e. The Bertz CT molecular complexity index is 728. The molecule has 1 aliphatic rings. The quantitative estimate of drug-likeness (QED) is 0.867. The molecule has 0 saturated carbocycles. The van der Waals surface area contributed by atoms with Crippen LogP contribution in [-0.2, 0) is 9.53 Å². The first kappa shape index (κ1) is 14.3. The number of H-pyrrole nitrogens is 1. The summed E-state index contributed by atoms with van der Waals surface area (Å²) in [6.07, 6.45) is 0. The van der Waals surface area contributed by atoms with E-state index in [2.05, 4.69) is 11.1 Å². The highest BCUT2D eigenvalue weighted by Crippen LogP contribution is 2.22. The monoisotopic (exact) mass is 305 g/mol. The van der Waals surface area contributed by atoms with Gasteiger partial charge in [0.2, 0.25) is 5.91 Å². The molecule has 2 heterocycles. The molecule has 21 heavy (non-hydrogen) atoms. The van der Waals surface area contributed by atoms with Crippen molar-refractivity contribution < 1.29 is 9.53 Å². The lowest BCUT2D eigenvalue weighted by Crippen LogP contribution is -2.43. The van der Waals surface area contributed by atoms with Gasteiger partial charge in [-0.1, -0.05) is 6.07 Å². The Hall–Kier alpha value is -1.66. The zero-order valence-electron chi connectivity index (χ0n) is 12.3. The SMILES string of the molecule is Cc1ccc2[nH]c(=S)n(C(C)C(=O)N3CCOCC3)c2c1. The van der Waals surface area contributed by atoms with Gasteiger partial charge in [0.15, 0.2) is 4.77 Å². The molecule has 2 aromatic rings. The number of ether oxygens (including phenoxy) is 1. The number of aryl methyl sites for hydroxylation is 1. The third-order valence-electron chi connectivity index (χ3n) is 3.94. The maximum Gasteiger partial charge on any atom is 0.245 e. The van der Waals surface area contributed by atoms with Crippen molar-refractivity contribution in [1.29, 1.82) is 0 Å². The van der Waals surface area contributed by atoms with E-state index in [0.29, 0.717) is 31.1 Å². The lowest BCUT2D eigenvalue weighted by atomic mass is 10.2. The van der Waals surface area contributed by atoms with Crippen LogP contribution in [0.4, 0.5) is 0 Å². The maximum atomic E-state index is 12.7. The Kier molecular flexibility index (Phi) is 3.82. The molecule has 112 valence electrons. The van der Waals surface area contributed by atoms with Crippen LogP contribution in [0.25, 0.3) is 11.0 Å². The molecule has 1 aromatic carbocycles. The second-order valence-corrected chi connectivity index (χ2v) is 5.82. The summed E-state index contributed by atoms with van der Waals surface area (Å²) in [5, 5.41) is 0. The van der Waals surface area contributed by atoms with E-state index in [-0.39, 0.29) is 11.9 Å². The normalized spacial score (nSPS) is 17.1. The summed E-state index contributed by atoms with van der Waals surface area (Å²) >= 11 is 5.41. The number of rotatable bonds is 2. The van der Waals surface area contributed by atoms with Crippen molar-refractivity contribution in [1.82, 2.24) is 14.5 Å². The lowest BCUT2D eigenvalue weighted by Gasteiger charge is -2.29. The molecule has 1 N–H and O–H groups in total. The number of hydrogen-bond acceptors (Lipinski definition) is 3. The van der Waals surface area contributed by atoms with Crippen LogP contribution < -0.4 is 0 Å². The van der Waals surface area contributed by atoms with Gasteiger partial charge in [-0.2, -0.15) is 0 Å². The number of amides is 1. The molecule has 1 aliphatic heterocycles. The molecule has 1 atom stereocenters. The van der Waals surface area contributed by atoms with Gasteiger partial charge in [0, 0.05) is 13.1 Å². The molecule has 1 amide bonds. The lowest BCUT2D eigenvalue weighted by molar-refractivity contribution is -0.138. The number of aromatic nitrogens is 2. The molecule has 1 unspecified atom stereocenters. The van der Waals surface area contributed by atoms with Crippen molar-refractivity contribution in [3.8, 4) is 0 Å². The van der Waals surface area contributed by atoms with Gasteiger partial charge in [-0.25, -0.2) is 0 Å². The fourth-order valence-corrected chi connectivity index (χ4v) is 3.14. The fourth-order valence-electron chi connectivity index (χ4n) is 2.77. The summed E-state index contributed by atoms with van der Waals surface area (Å²) in [7, 11) is 0. The molecule has 1 saturated heterocycles. The predicted molar refractivity (Wildman–Crippen MR) is 84.0 cm³/mol. The molecular formula is C15H19N3O2S. The van der Waals surface area contributed by atoms with Gasteiger partial charge in [0.25, 0.3) is 0 Å². The van der Waals surface area contributed by atoms with Gasteiger partial charge in [0.05, 0.1) is 24.2 Å². The Balaban J connectivity index is 1.98. The number of carbonyl (C=O) groups is 1. The zero-order chi connectivity index (χ0) is 15.0. The number of carbonyl (C=O) groups excluding carboxylic acids is 1. The van der Waals surface area contributed by atoms with Gasteiger partial charge in [-0.15, -0.1) is 0 Å². The van der Waals surface area contributed by atoms with Crippen LogP contribution in [0.2, 0.25) is 0 Å². The van der Waals surface area contributed by atoms with Gasteiger partial charge in [-0.05, 0) is 43.8 Å². The number of morpholine rings is 1. The summed E-state index contributed by atoms with van der Waals surface area (Å²) in [5.41, 5.74) is 3.10. The summed E-state index contributed by atoms with van der Waals surface area (Å²) in [6.45, 7) is 6.46. The first-order valence-electron chi connectivity index (χ1n) is 7.15.